The normalized spacial score (nSPS) is 15.7. The second-order valence-electron chi connectivity index (χ2n) is 6.71. The van der Waals surface area contributed by atoms with Gasteiger partial charge in [-0.3, -0.25) is 4.79 Å². The summed E-state index contributed by atoms with van der Waals surface area (Å²) >= 11 is 0. The highest BCUT2D eigenvalue weighted by Crippen LogP contribution is 2.21. The molecular weight excluding hydrogens is 350 g/mol. The predicted molar refractivity (Wildman–Crippen MR) is 104 cm³/mol. The van der Waals surface area contributed by atoms with E-state index in [1.165, 1.54) is 0 Å². The highest BCUT2D eigenvalue weighted by molar-refractivity contribution is 7.89. The predicted octanol–water partition coefficient (Wildman–Crippen LogP) is 1.91. The van der Waals surface area contributed by atoms with Gasteiger partial charge in [0.25, 0.3) is 0 Å². The number of amides is 1. The van der Waals surface area contributed by atoms with Crippen LogP contribution < -0.4 is 10.6 Å². The fraction of sp³-hybridized carbons (Fsp3) is 0.632. The minimum atomic E-state index is -3.38. The number of piperidine rings is 1. The van der Waals surface area contributed by atoms with Crippen LogP contribution in [0.2, 0.25) is 0 Å². The number of sulfonamides is 1. The first-order chi connectivity index (χ1) is 12.5. The van der Waals surface area contributed by atoms with E-state index in [0.717, 1.165) is 44.3 Å². The monoisotopic (exact) mass is 381 g/mol. The molecule has 0 aliphatic carbocycles. The molecule has 7 heteroatoms. The van der Waals surface area contributed by atoms with Crippen LogP contribution in [0.4, 0.5) is 0 Å². The number of benzene rings is 1. The molecule has 0 unspecified atom stereocenters. The number of carbonyl (C=O) groups is 1. The third-order valence-corrected chi connectivity index (χ3v) is 6.48. The van der Waals surface area contributed by atoms with Crippen LogP contribution in [0.5, 0.6) is 0 Å². The Bertz CT molecular complexity index is 653. The van der Waals surface area contributed by atoms with Crippen molar-refractivity contribution in [3.63, 3.8) is 0 Å². The molecule has 146 valence electrons. The lowest BCUT2D eigenvalue weighted by Gasteiger charge is -2.25. The van der Waals surface area contributed by atoms with Gasteiger partial charge < -0.3 is 10.6 Å². The molecule has 1 fully saturated rings. The lowest BCUT2D eigenvalue weighted by atomic mass is 10.1. The Balaban J connectivity index is 1.79. The molecule has 1 amide bonds. The molecule has 0 saturated carbocycles. The van der Waals surface area contributed by atoms with Crippen LogP contribution in [0.3, 0.4) is 0 Å². The van der Waals surface area contributed by atoms with Crippen molar-refractivity contribution in [1.82, 2.24) is 14.9 Å². The first-order valence-corrected chi connectivity index (χ1v) is 11.0. The molecule has 0 aromatic heterocycles. The minimum absolute atomic E-state index is 0.0216. The van der Waals surface area contributed by atoms with Gasteiger partial charge in [-0.25, -0.2) is 8.42 Å². The second-order valence-corrected chi connectivity index (χ2v) is 8.65. The highest BCUT2D eigenvalue weighted by atomic mass is 32.2. The Hall–Kier alpha value is -1.44. The van der Waals surface area contributed by atoms with E-state index in [9.17, 15) is 13.2 Å². The molecule has 1 aliphatic heterocycles. The summed E-state index contributed by atoms with van der Waals surface area (Å²) in [6.07, 6.45) is 5.06. The molecule has 1 heterocycles. The minimum Gasteiger partial charge on any atom is -0.355 e. The number of aryl methyl sites for hydroxylation is 1. The maximum atomic E-state index is 12.6. The van der Waals surface area contributed by atoms with Gasteiger partial charge in [-0.05, 0) is 49.9 Å². The SMILES string of the molecule is CCCNCCNC(=O)CCc1ccc(S(=O)(=O)N2CCCCC2)cc1. The zero-order valence-corrected chi connectivity index (χ0v) is 16.5. The molecule has 2 rings (SSSR count). The van der Waals surface area contributed by atoms with Gasteiger partial charge in [0, 0.05) is 32.6 Å². The Morgan fingerprint density at radius 3 is 2.38 bits per heavy atom. The lowest BCUT2D eigenvalue weighted by molar-refractivity contribution is -0.121. The molecule has 0 bridgehead atoms. The van der Waals surface area contributed by atoms with Crippen LogP contribution >= 0.6 is 0 Å². The standard InChI is InChI=1S/C19H31N3O3S/c1-2-12-20-13-14-21-19(23)11-8-17-6-9-18(10-7-17)26(24,25)22-15-4-3-5-16-22/h6-7,9-10,20H,2-5,8,11-16H2,1H3,(H,21,23). The molecule has 0 radical (unpaired) electrons. The van der Waals surface area contributed by atoms with Crippen molar-refractivity contribution in [1.29, 1.82) is 0 Å². The Morgan fingerprint density at radius 2 is 1.73 bits per heavy atom. The van der Waals surface area contributed by atoms with E-state index in [1.54, 1.807) is 16.4 Å². The van der Waals surface area contributed by atoms with E-state index in [2.05, 4.69) is 17.6 Å². The number of rotatable bonds is 10. The van der Waals surface area contributed by atoms with Gasteiger partial charge in [0.1, 0.15) is 0 Å². The van der Waals surface area contributed by atoms with Gasteiger partial charge in [-0.2, -0.15) is 4.31 Å². The number of hydrogen-bond donors (Lipinski definition) is 2. The van der Waals surface area contributed by atoms with Crippen LogP contribution in [0.15, 0.2) is 29.2 Å². The number of carbonyl (C=O) groups excluding carboxylic acids is 1. The van der Waals surface area contributed by atoms with Gasteiger partial charge in [0.2, 0.25) is 15.9 Å². The van der Waals surface area contributed by atoms with Crippen molar-refractivity contribution in [2.24, 2.45) is 0 Å². The van der Waals surface area contributed by atoms with E-state index >= 15 is 0 Å². The van der Waals surface area contributed by atoms with Crippen molar-refractivity contribution in [3.8, 4) is 0 Å². The summed E-state index contributed by atoms with van der Waals surface area (Å²) in [5.74, 6) is 0.0216. The zero-order valence-electron chi connectivity index (χ0n) is 15.7. The van der Waals surface area contributed by atoms with E-state index < -0.39 is 10.0 Å². The van der Waals surface area contributed by atoms with E-state index in [1.807, 2.05) is 12.1 Å². The quantitative estimate of drug-likeness (QED) is 0.607. The van der Waals surface area contributed by atoms with Gasteiger partial charge in [0.05, 0.1) is 4.90 Å². The smallest absolute Gasteiger partial charge is 0.243 e. The molecular formula is C19H31N3O3S. The third kappa shape index (κ3) is 6.37. The maximum absolute atomic E-state index is 12.6. The molecule has 1 aliphatic rings. The van der Waals surface area contributed by atoms with Crippen molar-refractivity contribution in [3.05, 3.63) is 29.8 Å². The van der Waals surface area contributed by atoms with Crippen LogP contribution in [-0.2, 0) is 21.2 Å². The Labute approximate surface area is 157 Å². The van der Waals surface area contributed by atoms with E-state index in [-0.39, 0.29) is 5.91 Å². The van der Waals surface area contributed by atoms with E-state index in [0.29, 0.717) is 37.4 Å². The summed E-state index contributed by atoms with van der Waals surface area (Å²) in [5, 5.41) is 6.12. The molecule has 1 aromatic carbocycles. The average molecular weight is 382 g/mol. The summed E-state index contributed by atoms with van der Waals surface area (Å²) in [5.41, 5.74) is 0.974. The first-order valence-electron chi connectivity index (χ1n) is 9.60. The Kier molecular flexibility index (Phi) is 8.54. The van der Waals surface area contributed by atoms with Gasteiger partial charge in [-0.15, -0.1) is 0 Å². The molecule has 6 nitrogen and oxygen atoms in total. The topological polar surface area (TPSA) is 78.5 Å². The van der Waals surface area contributed by atoms with Gasteiger partial charge >= 0.3 is 0 Å². The largest absolute Gasteiger partial charge is 0.355 e. The van der Waals surface area contributed by atoms with Gasteiger partial charge in [-0.1, -0.05) is 25.5 Å². The molecule has 1 saturated heterocycles. The fourth-order valence-corrected chi connectivity index (χ4v) is 4.54. The molecule has 1 aromatic rings. The fourth-order valence-electron chi connectivity index (χ4n) is 3.02. The average Bonchev–Trinajstić information content (AvgIpc) is 2.67. The highest BCUT2D eigenvalue weighted by Gasteiger charge is 2.25. The maximum Gasteiger partial charge on any atom is 0.243 e. The third-order valence-electron chi connectivity index (χ3n) is 4.57. The summed E-state index contributed by atoms with van der Waals surface area (Å²) in [7, 11) is -3.38. The summed E-state index contributed by atoms with van der Waals surface area (Å²) in [6, 6.07) is 6.94. The van der Waals surface area contributed by atoms with E-state index in [4.69, 9.17) is 0 Å². The van der Waals surface area contributed by atoms with Gasteiger partial charge in [0.15, 0.2) is 0 Å². The lowest BCUT2D eigenvalue weighted by Crippen LogP contribution is -2.35. The van der Waals surface area contributed by atoms with Crippen molar-refractivity contribution < 1.29 is 13.2 Å². The molecule has 0 atom stereocenters. The second kappa shape index (κ2) is 10.6. The number of nitrogens with zero attached hydrogens (tertiary/aromatic N) is 1. The molecule has 26 heavy (non-hydrogen) atoms. The van der Waals surface area contributed by atoms with Crippen molar-refractivity contribution >= 4 is 15.9 Å². The summed E-state index contributed by atoms with van der Waals surface area (Å²) in [4.78, 5) is 12.2. The molecule has 2 N–H and O–H groups in total. The molecule has 0 spiro atoms. The van der Waals surface area contributed by atoms with Crippen LogP contribution in [0.1, 0.15) is 44.6 Å². The first kappa shape index (κ1) is 20.9. The van der Waals surface area contributed by atoms with Crippen LogP contribution in [0, 0.1) is 0 Å². The number of hydrogen-bond acceptors (Lipinski definition) is 4. The van der Waals surface area contributed by atoms with Crippen molar-refractivity contribution in [2.45, 2.75) is 50.3 Å². The zero-order chi connectivity index (χ0) is 18.8. The summed E-state index contributed by atoms with van der Waals surface area (Å²) < 4.78 is 26.8. The van der Waals surface area contributed by atoms with Crippen LogP contribution in [0.25, 0.3) is 0 Å². The Morgan fingerprint density at radius 1 is 1.04 bits per heavy atom. The number of nitrogens with one attached hydrogen (secondary N) is 2. The van der Waals surface area contributed by atoms with Crippen molar-refractivity contribution in [2.75, 3.05) is 32.7 Å². The summed E-state index contributed by atoms with van der Waals surface area (Å²) in [6.45, 7) is 5.69. The van der Waals surface area contributed by atoms with Crippen LogP contribution in [-0.4, -0.2) is 51.4 Å².